The van der Waals surface area contributed by atoms with Gasteiger partial charge in [0.05, 0.1) is 3.57 Å². The molecule has 2 N–H and O–H groups in total. The van der Waals surface area contributed by atoms with Crippen molar-refractivity contribution in [1.82, 2.24) is 0 Å². The third-order valence-corrected chi connectivity index (χ3v) is 1.74. The predicted octanol–water partition coefficient (Wildman–Crippen LogP) is 2.75. The molecule has 0 amide bonds. The Hall–Kier alpha value is -1.25. The predicted molar refractivity (Wildman–Crippen MR) is 65.7 cm³/mol. The first-order valence-corrected chi connectivity index (χ1v) is 5.25. The third kappa shape index (κ3) is 14.8. The fourth-order valence-electron chi connectivity index (χ4n) is 0.477. The van der Waals surface area contributed by atoms with Crippen LogP contribution in [0.5, 0.6) is 0 Å². The third-order valence-electron chi connectivity index (χ3n) is 0.904. The molecule has 17 heavy (non-hydrogen) atoms. The van der Waals surface area contributed by atoms with Crippen molar-refractivity contribution in [2.24, 2.45) is 0 Å². The Kier molecular flexibility index (Phi) is 10.6. The minimum absolute atomic E-state index is 0.313. The molecular formula is C10H11F2IO4. The van der Waals surface area contributed by atoms with Crippen molar-refractivity contribution in [2.75, 3.05) is 0 Å². The second-order valence-electron chi connectivity index (χ2n) is 2.57. The number of carboxylic acids is 2. The second-order valence-corrected chi connectivity index (χ2v) is 3.74. The summed E-state index contributed by atoms with van der Waals surface area (Å²) < 4.78 is 24.9. The van der Waals surface area contributed by atoms with Crippen molar-refractivity contribution in [3.63, 3.8) is 0 Å². The molecule has 0 aliphatic rings. The van der Waals surface area contributed by atoms with Crippen LogP contribution in [0.1, 0.15) is 13.8 Å². The van der Waals surface area contributed by atoms with Crippen molar-refractivity contribution in [1.29, 1.82) is 0 Å². The molecule has 0 aliphatic carbocycles. The maximum absolute atomic E-state index is 12.3. The van der Waals surface area contributed by atoms with Gasteiger partial charge < -0.3 is 10.2 Å². The highest BCUT2D eigenvalue weighted by molar-refractivity contribution is 14.1. The minimum atomic E-state index is -0.833. The van der Waals surface area contributed by atoms with Gasteiger partial charge >= 0.3 is 0 Å². The van der Waals surface area contributed by atoms with Crippen LogP contribution in [0.3, 0.4) is 0 Å². The van der Waals surface area contributed by atoms with Crippen molar-refractivity contribution in [2.45, 2.75) is 13.8 Å². The van der Waals surface area contributed by atoms with E-state index in [1.165, 1.54) is 12.1 Å². The largest absolute Gasteiger partial charge is 0.481 e. The number of halogens is 3. The van der Waals surface area contributed by atoms with Crippen molar-refractivity contribution in [3.05, 3.63) is 33.4 Å². The highest BCUT2D eigenvalue weighted by atomic mass is 127. The van der Waals surface area contributed by atoms with E-state index in [0.717, 1.165) is 19.9 Å². The Labute approximate surface area is 110 Å². The lowest BCUT2D eigenvalue weighted by Gasteiger charge is -1.91. The molecule has 0 atom stereocenters. The Morgan fingerprint density at radius 3 is 1.71 bits per heavy atom. The quantitative estimate of drug-likeness (QED) is 0.551. The standard InChI is InChI=1S/C6H3F2I.2C2H4O2/c7-4-2-1-3-5(9)6(4)8;2*1-2(3)4/h1-3H;2*1H3,(H,3,4). The summed E-state index contributed by atoms with van der Waals surface area (Å²) in [6.45, 7) is 2.17. The van der Waals surface area contributed by atoms with Crippen molar-refractivity contribution >= 4 is 34.5 Å². The summed E-state index contributed by atoms with van der Waals surface area (Å²) in [5.41, 5.74) is 0. The first kappa shape index (κ1) is 18.1. The smallest absolute Gasteiger partial charge is 0.300 e. The monoisotopic (exact) mass is 360 g/mol. The van der Waals surface area contributed by atoms with Gasteiger partial charge in [0.25, 0.3) is 11.9 Å². The number of benzene rings is 1. The highest BCUT2D eigenvalue weighted by Gasteiger charge is 2.02. The molecule has 0 saturated heterocycles. The van der Waals surface area contributed by atoms with E-state index < -0.39 is 23.6 Å². The Balaban J connectivity index is 0. The number of aliphatic carboxylic acids is 2. The van der Waals surface area contributed by atoms with Gasteiger partial charge in [-0.2, -0.15) is 0 Å². The molecule has 0 bridgehead atoms. The lowest BCUT2D eigenvalue weighted by atomic mass is 10.3. The van der Waals surface area contributed by atoms with Crippen LogP contribution in [0, 0.1) is 15.2 Å². The van der Waals surface area contributed by atoms with Crippen LogP contribution in [0.4, 0.5) is 8.78 Å². The molecule has 1 aromatic rings. The molecule has 0 aliphatic heterocycles. The van der Waals surface area contributed by atoms with E-state index in [-0.39, 0.29) is 0 Å². The molecule has 0 fully saturated rings. The van der Waals surface area contributed by atoms with Crippen LogP contribution in [0.25, 0.3) is 0 Å². The molecule has 0 radical (unpaired) electrons. The summed E-state index contributed by atoms with van der Waals surface area (Å²) in [6.07, 6.45) is 0. The average molecular weight is 360 g/mol. The Morgan fingerprint density at radius 1 is 1.12 bits per heavy atom. The van der Waals surface area contributed by atoms with E-state index in [4.69, 9.17) is 19.8 Å². The summed E-state index contributed by atoms with van der Waals surface area (Å²) >= 11 is 1.73. The number of carboxylic acid groups (broad SMARTS) is 2. The summed E-state index contributed by atoms with van der Waals surface area (Å²) in [5.74, 6) is -3.22. The lowest BCUT2D eigenvalue weighted by Crippen LogP contribution is -1.85. The zero-order chi connectivity index (χ0) is 14.0. The molecule has 4 nitrogen and oxygen atoms in total. The zero-order valence-electron chi connectivity index (χ0n) is 9.08. The first-order valence-electron chi connectivity index (χ1n) is 4.17. The lowest BCUT2D eigenvalue weighted by molar-refractivity contribution is -0.135. The van der Waals surface area contributed by atoms with Gasteiger partial charge in [0.1, 0.15) is 0 Å². The number of carbonyl (C=O) groups is 2. The topological polar surface area (TPSA) is 74.6 Å². The van der Waals surface area contributed by atoms with Crippen LogP contribution in [0.15, 0.2) is 18.2 Å². The number of rotatable bonds is 0. The molecule has 7 heteroatoms. The van der Waals surface area contributed by atoms with Gasteiger partial charge in [0.2, 0.25) is 0 Å². The van der Waals surface area contributed by atoms with Crippen molar-refractivity contribution < 1.29 is 28.6 Å². The molecule has 1 aromatic carbocycles. The molecule has 1 rings (SSSR count). The SMILES string of the molecule is CC(=O)O.CC(=O)O.Fc1cccc(I)c1F. The average Bonchev–Trinajstić information content (AvgIpc) is 2.12. The van der Waals surface area contributed by atoms with Gasteiger partial charge in [0, 0.05) is 13.8 Å². The normalized spacial score (nSPS) is 8.06. The van der Waals surface area contributed by atoms with Crippen LogP contribution >= 0.6 is 22.6 Å². The van der Waals surface area contributed by atoms with E-state index in [2.05, 4.69) is 0 Å². The van der Waals surface area contributed by atoms with Gasteiger partial charge in [0.15, 0.2) is 11.6 Å². The molecule has 0 heterocycles. The van der Waals surface area contributed by atoms with E-state index in [1.54, 1.807) is 22.6 Å². The van der Waals surface area contributed by atoms with Crippen molar-refractivity contribution in [3.8, 4) is 0 Å². The Morgan fingerprint density at radius 2 is 1.47 bits per heavy atom. The van der Waals surface area contributed by atoms with Crippen LogP contribution in [-0.2, 0) is 9.59 Å². The molecular weight excluding hydrogens is 349 g/mol. The fourth-order valence-corrected chi connectivity index (χ4v) is 0.943. The van der Waals surface area contributed by atoms with E-state index in [0.29, 0.717) is 3.57 Å². The number of hydrogen-bond donors (Lipinski definition) is 2. The maximum Gasteiger partial charge on any atom is 0.300 e. The van der Waals surface area contributed by atoms with Crippen LogP contribution < -0.4 is 0 Å². The van der Waals surface area contributed by atoms with E-state index in [1.807, 2.05) is 0 Å². The van der Waals surface area contributed by atoms with Gasteiger partial charge in [-0.3, -0.25) is 9.59 Å². The van der Waals surface area contributed by atoms with Gasteiger partial charge in [-0.05, 0) is 34.7 Å². The Bertz CT molecular complexity index is 342. The van der Waals surface area contributed by atoms with Gasteiger partial charge in [-0.1, -0.05) is 6.07 Å². The van der Waals surface area contributed by atoms with Gasteiger partial charge in [-0.15, -0.1) is 0 Å². The maximum atomic E-state index is 12.3. The van der Waals surface area contributed by atoms with E-state index in [9.17, 15) is 8.78 Å². The molecule has 0 unspecified atom stereocenters. The van der Waals surface area contributed by atoms with E-state index >= 15 is 0 Å². The molecule has 96 valence electrons. The van der Waals surface area contributed by atoms with Crippen LogP contribution in [0.2, 0.25) is 0 Å². The molecule has 0 aromatic heterocycles. The fraction of sp³-hybridized carbons (Fsp3) is 0.200. The van der Waals surface area contributed by atoms with Crippen LogP contribution in [-0.4, -0.2) is 22.2 Å². The highest BCUT2D eigenvalue weighted by Crippen LogP contribution is 2.12. The minimum Gasteiger partial charge on any atom is -0.481 e. The van der Waals surface area contributed by atoms with Gasteiger partial charge in [-0.25, -0.2) is 8.78 Å². The summed E-state index contributed by atoms with van der Waals surface area (Å²) in [7, 11) is 0. The molecule has 0 saturated carbocycles. The summed E-state index contributed by atoms with van der Waals surface area (Å²) in [6, 6.07) is 4.08. The number of hydrogen-bond acceptors (Lipinski definition) is 2. The summed E-state index contributed by atoms with van der Waals surface area (Å²) in [4.78, 5) is 18.0. The summed E-state index contributed by atoms with van der Waals surface area (Å²) in [5, 5.41) is 14.8. The molecule has 0 spiro atoms. The first-order chi connectivity index (χ1) is 7.68. The second kappa shape index (κ2) is 9.94. The zero-order valence-corrected chi connectivity index (χ0v) is 11.2.